The quantitative estimate of drug-likeness (QED) is 0.878. The minimum atomic E-state index is 0.0120. The molecule has 0 aliphatic carbocycles. The summed E-state index contributed by atoms with van der Waals surface area (Å²) in [4.78, 5) is 15.2. The molecule has 0 radical (unpaired) electrons. The summed E-state index contributed by atoms with van der Waals surface area (Å²) in [5, 5.41) is 3.08. The van der Waals surface area contributed by atoms with E-state index in [1.807, 2.05) is 25.1 Å². The lowest BCUT2D eigenvalue weighted by Crippen LogP contribution is -2.40. The predicted octanol–water partition coefficient (Wildman–Crippen LogP) is 4.16. The SMILES string of the molecule is COc1ccc(C)cc1NC(=O)C1CCCN(Cc2ccccc2C)C1. The molecule has 2 aromatic carbocycles. The van der Waals surface area contributed by atoms with Crippen LogP contribution in [0.1, 0.15) is 29.5 Å². The molecule has 0 aromatic heterocycles. The monoisotopic (exact) mass is 352 g/mol. The van der Waals surface area contributed by atoms with Crippen LogP contribution in [0.4, 0.5) is 5.69 Å². The fraction of sp³-hybridized carbons (Fsp3) is 0.409. The summed E-state index contributed by atoms with van der Waals surface area (Å²) in [6.45, 7) is 6.91. The fourth-order valence-corrected chi connectivity index (χ4v) is 3.60. The number of nitrogens with one attached hydrogen (secondary N) is 1. The number of benzene rings is 2. The van der Waals surface area contributed by atoms with E-state index in [1.165, 1.54) is 11.1 Å². The molecule has 0 saturated carbocycles. The van der Waals surface area contributed by atoms with Gasteiger partial charge in [0.25, 0.3) is 0 Å². The molecule has 138 valence electrons. The molecular weight excluding hydrogens is 324 g/mol. The summed E-state index contributed by atoms with van der Waals surface area (Å²) in [6, 6.07) is 14.3. The number of nitrogens with zero attached hydrogens (tertiary/aromatic N) is 1. The van der Waals surface area contributed by atoms with Crippen molar-refractivity contribution in [3.8, 4) is 5.75 Å². The minimum absolute atomic E-state index is 0.0120. The van der Waals surface area contributed by atoms with Crippen LogP contribution in [0.15, 0.2) is 42.5 Å². The van der Waals surface area contributed by atoms with Gasteiger partial charge >= 0.3 is 0 Å². The second-order valence-corrected chi connectivity index (χ2v) is 7.19. The van der Waals surface area contributed by atoms with E-state index in [0.29, 0.717) is 5.75 Å². The summed E-state index contributed by atoms with van der Waals surface area (Å²) >= 11 is 0. The summed E-state index contributed by atoms with van der Waals surface area (Å²) < 4.78 is 5.38. The Hall–Kier alpha value is -2.33. The third kappa shape index (κ3) is 4.44. The van der Waals surface area contributed by atoms with E-state index in [2.05, 4.69) is 41.4 Å². The van der Waals surface area contributed by atoms with Crippen molar-refractivity contribution >= 4 is 11.6 Å². The molecule has 0 bridgehead atoms. The molecule has 1 N–H and O–H groups in total. The number of likely N-dealkylation sites (tertiary alicyclic amines) is 1. The summed E-state index contributed by atoms with van der Waals surface area (Å²) in [6.07, 6.45) is 1.99. The van der Waals surface area contributed by atoms with E-state index in [9.17, 15) is 4.79 Å². The van der Waals surface area contributed by atoms with Crippen LogP contribution >= 0.6 is 0 Å². The molecular formula is C22H28N2O2. The second-order valence-electron chi connectivity index (χ2n) is 7.19. The highest BCUT2D eigenvalue weighted by molar-refractivity contribution is 5.94. The Morgan fingerprint density at radius 1 is 1.23 bits per heavy atom. The molecule has 0 spiro atoms. The smallest absolute Gasteiger partial charge is 0.228 e. The Labute approximate surface area is 156 Å². The lowest BCUT2D eigenvalue weighted by Gasteiger charge is -2.32. The highest BCUT2D eigenvalue weighted by Gasteiger charge is 2.26. The Kier molecular flexibility index (Phi) is 5.94. The number of methoxy groups -OCH3 is 1. The zero-order valence-corrected chi connectivity index (χ0v) is 15.9. The van der Waals surface area contributed by atoms with E-state index < -0.39 is 0 Å². The Bertz CT molecular complexity index is 772. The largest absolute Gasteiger partial charge is 0.495 e. The number of carbonyl (C=O) groups is 1. The summed E-state index contributed by atoms with van der Waals surface area (Å²) in [7, 11) is 1.63. The standard InChI is InChI=1S/C22H28N2O2/c1-16-10-11-21(26-3)20(13-16)23-22(25)19-9-6-12-24(15-19)14-18-8-5-4-7-17(18)2/h4-5,7-8,10-11,13,19H,6,9,12,14-15H2,1-3H3,(H,23,25). The molecule has 1 unspecified atom stereocenters. The Morgan fingerprint density at radius 2 is 2.04 bits per heavy atom. The lowest BCUT2D eigenvalue weighted by atomic mass is 9.96. The van der Waals surface area contributed by atoms with Crippen LogP contribution in [-0.2, 0) is 11.3 Å². The van der Waals surface area contributed by atoms with Crippen molar-refractivity contribution < 1.29 is 9.53 Å². The van der Waals surface area contributed by atoms with Crippen LogP contribution in [0.25, 0.3) is 0 Å². The lowest BCUT2D eigenvalue weighted by molar-refractivity contribution is -0.121. The van der Waals surface area contributed by atoms with Gasteiger partial charge in [0.15, 0.2) is 0 Å². The minimum Gasteiger partial charge on any atom is -0.495 e. The molecule has 1 heterocycles. The van der Waals surface area contributed by atoms with Gasteiger partial charge < -0.3 is 10.1 Å². The Balaban J connectivity index is 1.65. The average molecular weight is 352 g/mol. The zero-order chi connectivity index (χ0) is 18.5. The molecule has 1 atom stereocenters. The average Bonchev–Trinajstić information content (AvgIpc) is 2.64. The van der Waals surface area contributed by atoms with Crippen LogP contribution < -0.4 is 10.1 Å². The molecule has 4 heteroatoms. The summed E-state index contributed by atoms with van der Waals surface area (Å²) in [5.74, 6) is 0.804. The van der Waals surface area contributed by atoms with Crippen LogP contribution in [0.3, 0.4) is 0 Å². The van der Waals surface area contributed by atoms with Gasteiger partial charge in [0.2, 0.25) is 5.91 Å². The van der Waals surface area contributed by atoms with Crippen molar-refractivity contribution in [2.24, 2.45) is 5.92 Å². The number of hydrogen-bond acceptors (Lipinski definition) is 3. The maximum Gasteiger partial charge on any atom is 0.228 e. The van der Waals surface area contributed by atoms with Crippen LogP contribution in [0.2, 0.25) is 0 Å². The first kappa shape index (κ1) is 18.5. The van der Waals surface area contributed by atoms with Gasteiger partial charge in [-0.25, -0.2) is 0 Å². The molecule has 2 aromatic rings. The Morgan fingerprint density at radius 3 is 2.81 bits per heavy atom. The molecule has 1 saturated heterocycles. The van der Waals surface area contributed by atoms with Gasteiger partial charge in [0.05, 0.1) is 18.7 Å². The number of piperidine rings is 1. The van der Waals surface area contributed by atoms with Crippen LogP contribution in [0, 0.1) is 19.8 Å². The van der Waals surface area contributed by atoms with E-state index in [1.54, 1.807) is 7.11 Å². The molecule has 1 aliphatic rings. The first-order chi connectivity index (χ1) is 12.6. The third-order valence-corrected chi connectivity index (χ3v) is 5.14. The van der Waals surface area contributed by atoms with E-state index in [0.717, 1.165) is 43.7 Å². The highest BCUT2D eigenvalue weighted by atomic mass is 16.5. The molecule has 1 fully saturated rings. The van der Waals surface area contributed by atoms with Crippen molar-refractivity contribution in [1.29, 1.82) is 0 Å². The van der Waals surface area contributed by atoms with Gasteiger partial charge in [-0.2, -0.15) is 0 Å². The number of carbonyl (C=O) groups excluding carboxylic acids is 1. The maximum atomic E-state index is 12.8. The first-order valence-electron chi connectivity index (χ1n) is 9.29. The fourth-order valence-electron chi connectivity index (χ4n) is 3.60. The topological polar surface area (TPSA) is 41.6 Å². The van der Waals surface area contributed by atoms with Crippen molar-refractivity contribution in [2.75, 3.05) is 25.5 Å². The van der Waals surface area contributed by atoms with Gasteiger partial charge in [-0.05, 0) is 62.1 Å². The highest BCUT2D eigenvalue weighted by Crippen LogP contribution is 2.27. The predicted molar refractivity (Wildman–Crippen MR) is 106 cm³/mol. The number of amides is 1. The van der Waals surface area contributed by atoms with Crippen LogP contribution in [0.5, 0.6) is 5.75 Å². The number of aryl methyl sites for hydroxylation is 2. The number of hydrogen-bond donors (Lipinski definition) is 1. The van der Waals surface area contributed by atoms with Crippen molar-refractivity contribution in [3.05, 3.63) is 59.2 Å². The molecule has 1 amide bonds. The third-order valence-electron chi connectivity index (χ3n) is 5.14. The first-order valence-corrected chi connectivity index (χ1v) is 9.29. The maximum absolute atomic E-state index is 12.8. The van der Waals surface area contributed by atoms with Gasteiger partial charge in [-0.3, -0.25) is 9.69 Å². The number of ether oxygens (including phenoxy) is 1. The van der Waals surface area contributed by atoms with E-state index in [-0.39, 0.29) is 11.8 Å². The molecule has 26 heavy (non-hydrogen) atoms. The van der Waals surface area contributed by atoms with Gasteiger partial charge in [0.1, 0.15) is 5.75 Å². The zero-order valence-electron chi connectivity index (χ0n) is 15.9. The molecule has 3 rings (SSSR count). The number of rotatable bonds is 5. The summed E-state index contributed by atoms with van der Waals surface area (Å²) in [5.41, 5.74) is 4.51. The molecule has 4 nitrogen and oxygen atoms in total. The van der Waals surface area contributed by atoms with Crippen LogP contribution in [-0.4, -0.2) is 31.0 Å². The molecule has 1 aliphatic heterocycles. The number of anilines is 1. The van der Waals surface area contributed by atoms with Gasteiger partial charge in [-0.1, -0.05) is 30.3 Å². The van der Waals surface area contributed by atoms with Crippen molar-refractivity contribution in [1.82, 2.24) is 4.90 Å². The van der Waals surface area contributed by atoms with Crippen molar-refractivity contribution in [2.45, 2.75) is 33.2 Å². The second kappa shape index (κ2) is 8.37. The van der Waals surface area contributed by atoms with E-state index in [4.69, 9.17) is 4.74 Å². The van der Waals surface area contributed by atoms with Gasteiger partial charge in [0, 0.05) is 13.1 Å². The normalized spacial score (nSPS) is 17.7. The van der Waals surface area contributed by atoms with Gasteiger partial charge in [-0.15, -0.1) is 0 Å². The van der Waals surface area contributed by atoms with E-state index >= 15 is 0 Å². The van der Waals surface area contributed by atoms with Crippen molar-refractivity contribution in [3.63, 3.8) is 0 Å².